The van der Waals surface area contributed by atoms with Crippen LogP contribution in [0.3, 0.4) is 0 Å². The molecule has 0 spiro atoms. The molecule has 1 aliphatic rings. The number of rotatable bonds is 3. The van der Waals surface area contributed by atoms with Crippen LogP contribution in [0.25, 0.3) is 0 Å². The van der Waals surface area contributed by atoms with E-state index in [0.29, 0.717) is 12.8 Å². The molecule has 1 rings (SSSR count). The Bertz CT molecular complexity index is 271. The lowest BCUT2D eigenvalue weighted by molar-refractivity contribution is -0.956. The van der Waals surface area contributed by atoms with Crippen LogP contribution >= 0.6 is 0 Å². The van der Waals surface area contributed by atoms with Gasteiger partial charge in [-0.1, -0.05) is 0 Å². The molecule has 0 aromatic heterocycles. The molecule has 0 bridgehead atoms. The van der Waals surface area contributed by atoms with Gasteiger partial charge in [-0.05, 0) is 27.7 Å². The Kier molecular flexibility index (Phi) is 4.17. The molecule has 3 N–H and O–H groups in total. The van der Waals surface area contributed by atoms with Gasteiger partial charge < -0.3 is 20.7 Å². The number of carbonyl (C=O) groups excluding carboxylic acids is 1. The number of quaternary nitrogens is 1. The first-order valence-electron chi connectivity index (χ1n) is 6.14. The van der Waals surface area contributed by atoms with Crippen LogP contribution in [0.4, 0.5) is 0 Å². The van der Waals surface area contributed by atoms with Crippen molar-refractivity contribution in [1.29, 1.82) is 0 Å². The van der Waals surface area contributed by atoms with E-state index in [0.717, 1.165) is 0 Å². The zero-order chi connectivity index (χ0) is 13.3. The highest BCUT2D eigenvalue weighted by molar-refractivity contribution is 5.78. The smallest absolute Gasteiger partial charge is 0.223 e. The predicted octanol–water partition coefficient (Wildman–Crippen LogP) is -0.555. The van der Waals surface area contributed by atoms with Crippen LogP contribution in [0.5, 0.6) is 0 Å². The quantitative estimate of drug-likeness (QED) is 0.583. The maximum absolute atomic E-state index is 12.2. The van der Waals surface area contributed by atoms with Crippen molar-refractivity contribution in [3.63, 3.8) is 0 Å². The maximum Gasteiger partial charge on any atom is 0.223 e. The van der Waals surface area contributed by atoms with Crippen molar-refractivity contribution in [3.8, 4) is 0 Å². The third-order valence-electron chi connectivity index (χ3n) is 3.52. The average molecular weight is 244 g/mol. The summed E-state index contributed by atoms with van der Waals surface area (Å²) in [5.41, 5.74) is -0.883. The minimum atomic E-state index is -0.441. The highest BCUT2D eigenvalue weighted by Crippen LogP contribution is 2.28. The summed E-state index contributed by atoms with van der Waals surface area (Å²) in [6.45, 7) is 7.85. The Morgan fingerprint density at radius 2 is 1.82 bits per heavy atom. The van der Waals surface area contributed by atoms with Gasteiger partial charge in [0.25, 0.3) is 0 Å². The molecule has 0 aromatic rings. The van der Waals surface area contributed by atoms with Crippen molar-refractivity contribution >= 4 is 5.91 Å². The molecule has 0 aromatic carbocycles. The van der Waals surface area contributed by atoms with Gasteiger partial charge in [0.1, 0.15) is 0 Å². The van der Waals surface area contributed by atoms with Crippen LogP contribution in [-0.2, 0) is 4.79 Å². The molecular formula is C12H24N2O3. The molecule has 0 atom stereocenters. The minimum absolute atomic E-state index is 0.0484. The first kappa shape index (κ1) is 14.4. The number of carbonyl (C=O) groups is 1. The molecule has 0 radical (unpaired) electrons. The summed E-state index contributed by atoms with van der Waals surface area (Å²) in [5.74, 6) is -0.183. The Morgan fingerprint density at radius 1 is 1.35 bits per heavy atom. The molecule has 1 heterocycles. The van der Waals surface area contributed by atoms with E-state index in [2.05, 4.69) is 5.32 Å². The van der Waals surface area contributed by atoms with E-state index >= 15 is 0 Å². The molecule has 1 fully saturated rings. The van der Waals surface area contributed by atoms with E-state index in [1.807, 2.05) is 27.7 Å². The molecule has 100 valence electrons. The lowest BCUT2D eigenvalue weighted by atomic mass is 9.75. The van der Waals surface area contributed by atoms with Gasteiger partial charge in [-0.3, -0.25) is 4.79 Å². The molecule has 0 saturated carbocycles. The van der Waals surface area contributed by atoms with Crippen molar-refractivity contribution < 1.29 is 15.0 Å². The average Bonchev–Trinajstić information content (AvgIpc) is 2.21. The summed E-state index contributed by atoms with van der Waals surface area (Å²) in [5, 5.41) is 23.8. The fraction of sp³-hybridized carbons (Fsp3) is 0.917. The summed E-state index contributed by atoms with van der Waals surface area (Å²) in [7, 11) is 0. The number of nitrogens with one attached hydrogen (secondary N) is 2. The molecule has 1 saturated heterocycles. The number of aliphatic hydroxyl groups is 1. The summed E-state index contributed by atoms with van der Waals surface area (Å²) >= 11 is 0. The van der Waals surface area contributed by atoms with Crippen LogP contribution in [0.15, 0.2) is 0 Å². The monoisotopic (exact) mass is 244 g/mol. The Labute approximate surface area is 103 Å². The lowest BCUT2D eigenvalue weighted by Crippen LogP contribution is -3.23. The van der Waals surface area contributed by atoms with E-state index < -0.39 is 11.1 Å². The third-order valence-corrected chi connectivity index (χ3v) is 3.52. The fourth-order valence-electron chi connectivity index (χ4n) is 2.91. The molecule has 1 aliphatic heterocycles. The summed E-state index contributed by atoms with van der Waals surface area (Å²) in [6, 6.07) is 0. The summed E-state index contributed by atoms with van der Waals surface area (Å²) in [6.07, 6.45) is 1.18. The normalized spacial score (nSPS) is 30.9. The molecule has 0 aliphatic carbocycles. The van der Waals surface area contributed by atoms with E-state index in [-0.39, 0.29) is 30.0 Å². The second kappa shape index (κ2) is 4.92. The van der Waals surface area contributed by atoms with Gasteiger partial charge in [0.15, 0.2) is 0 Å². The topological polar surface area (TPSA) is 76.8 Å². The molecule has 5 nitrogen and oxygen atoms in total. The minimum Gasteiger partial charge on any atom is -0.634 e. The van der Waals surface area contributed by atoms with Crippen LogP contribution in [0.2, 0.25) is 0 Å². The van der Waals surface area contributed by atoms with E-state index in [1.165, 1.54) is 0 Å². The SMILES string of the molecule is CC1(C)CC(C(=O)NCCO)CC(C)(C)[NH+]1[O-]. The van der Waals surface area contributed by atoms with Crippen LogP contribution in [0, 0.1) is 11.1 Å². The van der Waals surface area contributed by atoms with Gasteiger partial charge in [0.05, 0.1) is 17.7 Å². The number of amides is 1. The number of hydrogen-bond donors (Lipinski definition) is 3. The van der Waals surface area contributed by atoms with E-state index in [9.17, 15) is 10.0 Å². The van der Waals surface area contributed by atoms with E-state index in [1.54, 1.807) is 0 Å². The van der Waals surface area contributed by atoms with Gasteiger partial charge >= 0.3 is 0 Å². The zero-order valence-electron chi connectivity index (χ0n) is 11.2. The maximum atomic E-state index is 12.2. The molecule has 0 unspecified atom stereocenters. The Balaban J connectivity index is 2.74. The van der Waals surface area contributed by atoms with E-state index in [4.69, 9.17) is 5.11 Å². The summed E-state index contributed by atoms with van der Waals surface area (Å²) < 4.78 is 0. The number of piperidine rings is 1. The Hall–Kier alpha value is -0.650. The fourth-order valence-corrected chi connectivity index (χ4v) is 2.91. The highest BCUT2D eigenvalue weighted by atomic mass is 16.5. The van der Waals surface area contributed by atoms with Gasteiger partial charge in [-0.2, -0.15) is 0 Å². The standard InChI is InChI=1S/C12H24N2O3/c1-11(2)7-9(10(16)13-5-6-15)8-12(3,4)14(11)17/h9,14-15H,5-8H2,1-4H3,(H,13,16). The second-order valence-corrected chi connectivity index (χ2v) is 6.22. The molecule has 17 heavy (non-hydrogen) atoms. The largest absolute Gasteiger partial charge is 0.634 e. The first-order chi connectivity index (χ1) is 7.70. The number of hydroxylamine groups is 2. The van der Waals surface area contributed by atoms with Crippen molar-refractivity contribution in [2.24, 2.45) is 5.92 Å². The van der Waals surface area contributed by atoms with Crippen molar-refractivity contribution in [1.82, 2.24) is 5.32 Å². The van der Waals surface area contributed by atoms with Crippen LogP contribution in [-0.4, -0.2) is 35.2 Å². The first-order valence-corrected chi connectivity index (χ1v) is 6.14. The molecule has 5 heteroatoms. The molecular weight excluding hydrogens is 220 g/mol. The van der Waals surface area contributed by atoms with Crippen molar-refractivity contribution in [2.45, 2.75) is 51.6 Å². The third kappa shape index (κ3) is 3.18. The number of aliphatic hydroxyl groups excluding tert-OH is 1. The van der Waals surface area contributed by atoms with Crippen LogP contribution in [0.1, 0.15) is 40.5 Å². The highest BCUT2D eigenvalue weighted by Gasteiger charge is 2.47. The second-order valence-electron chi connectivity index (χ2n) is 6.22. The Morgan fingerprint density at radius 3 is 2.24 bits per heavy atom. The number of hydrogen-bond acceptors (Lipinski definition) is 3. The molecule has 1 amide bonds. The van der Waals surface area contributed by atoms with Gasteiger partial charge in [-0.25, -0.2) is 0 Å². The van der Waals surface area contributed by atoms with Gasteiger partial charge in [0.2, 0.25) is 5.91 Å². The van der Waals surface area contributed by atoms with Crippen molar-refractivity contribution in [3.05, 3.63) is 5.21 Å². The zero-order valence-corrected chi connectivity index (χ0v) is 11.2. The lowest BCUT2D eigenvalue weighted by Gasteiger charge is -2.54. The summed E-state index contributed by atoms with van der Waals surface area (Å²) in [4.78, 5) is 11.9. The van der Waals surface area contributed by atoms with Crippen molar-refractivity contribution in [2.75, 3.05) is 13.2 Å². The van der Waals surface area contributed by atoms with Crippen LogP contribution < -0.4 is 10.4 Å². The van der Waals surface area contributed by atoms with Gasteiger partial charge in [-0.15, -0.1) is 0 Å². The van der Waals surface area contributed by atoms with Gasteiger partial charge in [0, 0.05) is 25.3 Å². The predicted molar refractivity (Wildman–Crippen MR) is 65.3 cm³/mol.